The lowest BCUT2D eigenvalue weighted by atomic mass is 10.1. The third kappa shape index (κ3) is 5.69. The Labute approximate surface area is 149 Å². The van der Waals surface area contributed by atoms with Gasteiger partial charge in [-0.2, -0.15) is 0 Å². The second-order valence-electron chi connectivity index (χ2n) is 5.95. The highest BCUT2D eigenvalue weighted by molar-refractivity contribution is 5.92. The van der Waals surface area contributed by atoms with Gasteiger partial charge in [-0.15, -0.1) is 0 Å². The SMILES string of the molecule is COc1ccc(NC(N)=NCc2ccc(CN(C)C)cc2)cc1OC. The Bertz CT molecular complexity index is 712. The molecule has 0 atom stereocenters. The summed E-state index contributed by atoms with van der Waals surface area (Å²) in [6.45, 7) is 1.45. The summed E-state index contributed by atoms with van der Waals surface area (Å²) in [5.41, 5.74) is 9.15. The fraction of sp³-hybridized carbons (Fsp3) is 0.316. The predicted octanol–water partition coefficient (Wildman–Crippen LogP) is 2.69. The summed E-state index contributed by atoms with van der Waals surface area (Å²) in [6, 6.07) is 13.9. The molecule has 2 aromatic rings. The van der Waals surface area contributed by atoms with E-state index in [-0.39, 0.29) is 0 Å². The fourth-order valence-corrected chi connectivity index (χ4v) is 2.39. The van der Waals surface area contributed by atoms with Crippen LogP contribution in [0.1, 0.15) is 11.1 Å². The predicted molar refractivity (Wildman–Crippen MR) is 102 cm³/mol. The minimum absolute atomic E-state index is 0.351. The molecule has 0 aliphatic carbocycles. The molecule has 2 aromatic carbocycles. The lowest BCUT2D eigenvalue weighted by molar-refractivity contribution is 0.355. The molecule has 0 aliphatic rings. The molecule has 0 radical (unpaired) electrons. The van der Waals surface area contributed by atoms with Crippen molar-refractivity contribution in [2.45, 2.75) is 13.1 Å². The number of nitrogens with two attached hydrogens (primary N) is 1. The fourth-order valence-electron chi connectivity index (χ4n) is 2.39. The standard InChI is InChI=1S/C19H26N4O2/c1-23(2)13-15-7-5-14(6-8-15)12-21-19(20)22-16-9-10-17(24-3)18(11-16)25-4/h5-11H,12-13H2,1-4H3,(H3,20,21,22). The minimum Gasteiger partial charge on any atom is -0.493 e. The highest BCUT2D eigenvalue weighted by Crippen LogP contribution is 2.29. The number of benzene rings is 2. The van der Waals surface area contributed by atoms with Gasteiger partial charge < -0.3 is 25.4 Å². The smallest absolute Gasteiger partial charge is 0.193 e. The topological polar surface area (TPSA) is 72.1 Å². The molecule has 2 rings (SSSR count). The van der Waals surface area contributed by atoms with Gasteiger partial charge in [-0.3, -0.25) is 0 Å². The van der Waals surface area contributed by atoms with Crippen LogP contribution in [0.3, 0.4) is 0 Å². The number of hydrogen-bond donors (Lipinski definition) is 2. The van der Waals surface area contributed by atoms with Crippen molar-refractivity contribution in [1.29, 1.82) is 0 Å². The first kappa shape index (κ1) is 18.6. The summed E-state index contributed by atoms with van der Waals surface area (Å²) in [6.07, 6.45) is 0. The number of aliphatic imine (C=N–C) groups is 1. The molecule has 0 aromatic heterocycles. The molecule has 0 unspecified atom stereocenters. The van der Waals surface area contributed by atoms with Gasteiger partial charge in [-0.05, 0) is 37.4 Å². The normalized spacial score (nSPS) is 11.5. The highest BCUT2D eigenvalue weighted by atomic mass is 16.5. The van der Waals surface area contributed by atoms with Crippen LogP contribution in [0.4, 0.5) is 5.69 Å². The van der Waals surface area contributed by atoms with Gasteiger partial charge >= 0.3 is 0 Å². The average Bonchev–Trinajstić information content (AvgIpc) is 2.60. The molecular formula is C19H26N4O2. The van der Waals surface area contributed by atoms with Gasteiger partial charge in [0, 0.05) is 18.3 Å². The van der Waals surface area contributed by atoms with E-state index in [1.807, 2.05) is 18.2 Å². The van der Waals surface area contributed by atoms with E-state index in [9.17, 15) is 0 Å². The lowest BCUT2D eigenvalue weighted by Crippen LogP contribution is -2.22. The van der Waals surface area contributed by atoms with Crippen molar-refractivity contribution < 1.29 is 9.47 Å². The van der Waals surface area contributed by atoms with E-state index < -0.39 is 0 Å². The molecule has 6 heteroatoms. The largest absolute Gasteiger partial charge is 0.493 e. The Morgan fingerprint density at radius 2 is 1.64 bits per heavy atom. The molecule has 0 heterocycles. The van der Waals surface area contributed by atoms with Gasteiger partial charge in [-0.1, -0.05) is 24.3 Å². The average molecular weight is 342 g/mol. The van der Waals surface area contributed by atoms with E-state index in [1.54, 1.807) is 14.2 Å². The quantitative estimate of drug-likeness (QED) is 0.598. The van der Waals surface area contributed by atoms with Gasteiger partial charge in [0.1, 0.15) is 0 Å². The van der Waals surface area contributed by atoms with Crippen LogP contribution in [0.15, 0.2) is 47.5 Å². The van der Waals surface area contributed by atoms with Crippen LogP contribution in [0.25, 0.3) is 0 Å². The maximum Gasteiger partial charge on any atom is 0.193 e. The van der Waals surface area contributed by atoms with Crippen LogP contribution in [-0.2, 0) is 13.1 Å². The summed E-state index contributed by atoms with van der Waals surface area (Å²) in [5, 5.41) is 3.06. The molecular weight excluding hydrogens is 316 g/mol. The number of anilines is 1. The Hall–Kier alpha value is -2.73. The molecule has 25 heavy (non-hydrogen) atoms. The minimum atomic E-state index is 0.351. The number of ether oxygens (including phenoxy) is 2. The maximum absolute atomic E-state index is 5.97. The van der Waals surface area contributed by atoms with Crippen molar-refractivity contribution in [3.63, 3.8) is 0 Å². The molecule has 0 saturated heterocycles. The van der Waals surface area contributed by atoms with E-state index in [4.69, 9.17) is 15.2 Å². The van der Waals surface area contributed by atoms with Gasteiger partial charge in [0.25, 0.3) is 0 Å². The van der Waals surface area contributed by atoms with E-state index in [2.05, 4.69) is 53.6 Å². The van der Waals surface area contributed by atoms with Crippen LogP contribution in [0, 0.1) is 0 Å². The number of guanidine groups is 1. The van der Waals surface area contributed by atoms with Gasteiger partial charge in [0.05, 0.1) is 20.8 Å². The number of hydrogen-bond acceptors (Lipinski definition) is 4. The second kappa shape index (κ2) is 8.94. The Balaban J connectivity index is 1.97. The zero-order valence-electron chi connectivity index (χ0n) is 15.2. The first-order valence-electron chi connectivity index (χ1n) is 8.03. The summed E-state index contributed by atoms with van der Waals surface area (Å²) in [7, 11) is 7.31. The van der Waals surface area contributed by atoms with Gasteiger partial charge in [0.2, 0.25) is 0 Å². The molecule has 0 aliphatic heterocycles. The van der Waals surface area contributed by atoms with Crippen molar-refractivity contribution in [2.24, 2.45) is 10.7 Å². The monoisotopic (exact) mass is 342 g/mol. The Kier molecular flexibility index (Phi) is 6.65. The zero-order valence-corrected chi connectivity index (χ0v) is 15.2. The van der Waals surface area contributed by atoms with Gasteiger partial charge in [0.15, 0.2) is 17.5 Å². The molecule has 134 valence electrons. The summed E-state index contributed by atoms with van der Waals surface area (Å²) < 4.78 is 10.5. The lowest BCUT2D eigenvalue weighted by Gasteiger charge is -2.11. The molecule has 0 spiro atoms. The van der Waals surface area contributed by atoms with Crippen LogP contribution in [0.2, 0.25) is 0 Å². The van der Waals surface area contributed by atoms with E-state index in [1.165, 1.54) is 5.56 Å². The number of nitrogens with zero attached hydrogens (tertiary/aromatic N) is 2. The number of rotatable bonds is 7. The molecule has 0 amide bonds. The third-order valence-electron chi connectivity index (χ3n) is 3.61. The first-order chi connectivity index (χ1) is 12.0. The van der Waals surface area contributed by atoms with Gasteiger partial charge in [-0.25, -0.2) is 4.99 Å². The van der Waals surface area contributed by atoms with Crippen LogP contribution in [-0.4, -0.2) is 39.2 Å². The first-order valence-corrected chi connectivity index (χ1v) is 8.03. The maximum atomic E-state index is 5.97. The summed E-state index contributed by atoms with van der Waals surface area (Å²) in [5.74, 6) is 1.66. The van der Waals surface area contributed by atoms with Crippen molar-refractivity contribution in [2.75, 3.05) is 33.6 Å². The number of nitrogens with one attached hydrogen (secondary N) is 1. The molecule has 0 bridgehead atoms. The summed E-state index contributed by atoms with van der Waals surface area (Å²) >= 11 is 0. The van der Waals surface area contributed by atoms with Crippen LogP contribution >= 0.6 is 0 Å². The molecule has 3 N–H and O–H groups in total. The van der Waals surface area contributed by atoms with Crippen molar-refractivity contribution >= 4 is 11.6 Å². The number of methoxy groups -OCH3 is 2. The van der Waals surface area contributed by atoms with E-state index in [0.29, 0.717) is 24.0 Å². The second-order valence-corrected chi connectivity index (χ2v) is 5.95. The van der Waals surface area contributed by atoms with Crippen molar-refractivity contribution in [3.8, 4) is 11.5 Å². The zero-order chi connectivity index (χ0) is 18.2. The van der Waals surface area contributed by atoms with Crippen molar-refractivity contribution in [1.82, 2.24) is 4.90 Å². The molecule has 0 saturated carbocycles. The molecule has 6 nitrogen and oxygen atoms in total. The van der Waals surface area contributed by atoms with Crippen LogP contribution < -0.4 is 20.5 Å². The van der Waals surface area contributed by atoms with Crippen LogP contribution in [0.5, 0.6) is 11.5 Å². The Morgan fingerprint density at radius 1 is 1.00 bits per heavy atom. The van der Waals surface area contributed by atoms with E-state index >= 15 is 0 Å². The van der Waals surface area contributed by atoms with E-state index in [0.717, 1.165) is 17.8 Å². The third-order valence-corrected chi connectivity index (χ3v) is 3.61. The highest BCUT2D eigenvalue weighted by Gasteiger charge is 2.05. The summed E-state index contributed by atoms with van der Waals surface area (Å²) in [4.78, 5) is 6.52. The Morgan fingerprint density at radius 3 is 2.24 bits per heavy atom. The molecule has 0 fully saturated rings. The van der Waals surface area contributed by atoms with Crippen molar-refractivity contribution in [3.05, 3.63) is 53.6 Å².